The first kappa shape index (κ1) is 16.9. The summed E-state index contributed by atoms with van der Waals surface area (Å²) in [6.07, 6.45) is 2.93. The second-order valence-electron chi connectivity index (χ2n) is 4.65. The first-order valence-electron chi connectivity index (χ1n) is 7.01. The normalized spacial score (nSPS) is 9.71. The SMILES string of the molecule is COc1ccc(C(=O)NCC(=O)NNC(=O)c2ccncc2)cc1. The molecule has 24 heavy (non-hydrogen) atoms. The average Bonchev–Trinajstić information content (AvgIpc) is 2.64. The molecule has 0 unspecified atom stereocenters. The molecule has 0 spiro atoms. The fourth-order valence-electron chi connectivity index (χ4n) is 1.75. The van der Waals surface area contributed by atoms with E-state index in [1.807, 2.05) is 0 Å². The molecule has 124 valence electrons. The maximum atomic E-state index is 11.9. The average molecular weight is 328 g/mol. The van der Waals surface area contributed by atoms with Crippen molar-refractivity contribution < 1.29 is 19.1 Å². The molecule has 2 aromatic rings. The van der Waals surface area contributed by atoms with E-state index in [-0.39, 0.29) is 6.54 Å². The van der Waals surface area contributed by atoms with E-state index < -0.39 is 17.7 Å². The Labute approximate surface area is 138 Å². The molecule has 8 nitrogen and oxygen atoms in total. The van der Waals surface area contributed by atoms with Crippen molar-refractivity contribution in [3.05, 3.63) is 59.9 Å². The number of rotatable bonds is 5. The number of benzene rings is 1. The van der Waals surface area contributed by atoms with Gasteiger partial charge < -0.3 is 10.1 Å². The minimum atomic E-state index is -0.556. The number of methoxy groups -OCH3 is 1. The van der Waals surface area contributed by atoms with Crippen LogP contribution in [0.2, 0.25) is 0 Å². The minimum Gasteiger partial charge on any atom is -0.497 e. The van der Waals surface area contributed by atoms with Gasteiger partial charge in [-0.15, -0.1) is 0 Å². The highest BCUT2D eigenvalue weighted by Gasteiger charge is 2.10. The summed E-state index contributed by atoms with van der Waals surface area (Å²) < 4.78 is 5.00. The second kappa shape index (κ2) is 8.28. The maximum absolute atomic E-state index is 11.9. The molecule has 8 heteroatoms. The van der Waals surface area contributed by atoms with Crippen molar-refractivity contribution in [1.82, 2.24) is 21.2 Å². The lowest BCUT2D eigenvalue weighted by atomic mass is 10.2. The van der Waals surface area contributed by atoms with Gasteiger partial charge in [0.05, 0.1) is 13.7 Å². The number of hydrazine groups is 1. The highest BCUT2D eigenvalue weighted by Crippen LogP contribution is 2.10. The molecule has 1 heterocycles. The van der Waals surface area contributed by atoms with Gasteiger partial charge in [-0.2, -0.15) is 0 Å². The van der Waals surface area contributed by atoms with Gasteiger partial charge in [0.2, 0.25) is 0 Å². The van der Waals surface area contributed by atoms with E-state index in [1.54, 1.807) is 24.3 Å². The monoisotopic (exact) mass is 328 g/mol. The van der Waals surface area contributed by atoms with Gasteiger partial charge in [0.25, 0.3) is 17.7 Å². The number of ether oxygens (including phenoxy) is 1. The molecule has 0 bridgehead atoms. The Kier molecular flexibility index (Phi) is 5.84. The number of pyridine rings is 1. The topological polar surface area (TPSA) is 109 Å². The van der Waals surface area contributed by atoms with E-state index in [4.69, 9.17) is 4.74 Å². The van der Waals surface area contributed by atoms with Crippen molar-refractivity contribution in [2.75, 3.05) is 13.7 Å². The molecule has 1 aromatic carbocycles. The maximum Gasteiger partial charge on any atom is 0.269 e. The van der Waals surface area contributed by atoms with Crippen molar-refractivity contribution in [1.29, 1.82) is 0 Å². The highest BCUT2D eigenvalue weighted by atomic mass is 16.5. The molecular formula is C16H16N4O4. The molecule has 0 saturated heterocycles. The van der Waals surface area contributed by atoms with Crippen LogP contribution in [0, 0.1) is 0 Å². The summed E-state index contributed by atoms with van der Waals surface area (Å²) in [7, 11) is 1.53. The van der Waals surface area contributed by atoms with Crippen LogP contribution in [0.3, 0.4) is 0 Å². The lowest BCUT2D eigenvalue weighted by Crippen LogP contribution is -2.46. The van der Waals surface area contributed by atoms with Crippen LogP contribution in [-0.2, 0) is 4.79 Å². The zero-order chi connectivity index (χ0) is 17.4. The lowest BCUT2D eigenvalue weighted by molar-refractivity contribution is -0.120. The summed E-state index contributed by atoms with van der Waals surface area (Å²) in [6.45, 7) is -0.276. The van der Waals surface area contributed by atoms with Gasteiger partial charge in [0.1, 0.15) is 5.75 Å². The molecule has 0 radical (unpaired) electrons. The summed E-state index contributed by atoms with van der Waals surface area (Å²) in [5.74, 6) is -0.817. The fraction of sp³-hybridized carbons (Fsp3) is 0.125. The Morgan fingerprint density at radius 1 is 0.917 bits per heavy atom. The predicted octanol–water partition coefficient (Wildman–Crippen LogP) is 0.281. The quantitative estimate of drug-likeness (QED) is 0.683. The minimum absolute atomic E-state index is 0.276. The number of aromatic nitrogens is 1. The van der Waals surface area contributed by atoms with Crippen LogP contribution in [0.4, 0.5) is 0 Å². The van der Waals surface area contributed by atoms with Crippen molar-refractivity contribution in [2.24, 2.45) is 0 Å². The summed E-state index contributed by atoms with van der Waals surface area (Å²) in [5, 5.41) is 2.45. The van der Waals surface area contributed by atoms with Crippen LogP contribution in [0.25, 0.3) is 0 Å². The molecule has 2 rings (SSSR count). The van der Waals surface area contributed by atoms with Gasteiger partial charge in [0.15, 0.2) is 0 Å². The number of nitrogens with zero attached hydrogens (tertiary/aromatic N) is 1. The molecule has 0 aliphatic rings. The Bertz CT molecular complexity index is 717. The van der Waals surface area contributed by atoms with Crippen LogP contribution >= 0.6 is 0 Å². The van der Waals surface area contributed by atoms with E-state index in [9.17, 15) is 14.4 Å². The molecule has 0 atom stereocenters. The van der Waals surface area contributed by atoms with Crippen molar-refractivity contribution in [3.63, 3.8) is 0 Å². The lowest BCUT2D eigenvalue weighted by Gasteiger charge is -2.08. The summed E-state index contributed by atoms with van der Waals surface area (Å²) in [4.78, 5) is 39.0. The Morgan fingerprint density at radius 2 is 1.54 bits per heavy atom. The smallest absolute Gasteiger partial charge is 0.269 e. The van der Waals surface area contributed by atoms with E-state index >= 15 is 0 Å². The van der Waals surface area contributed by atoms with Crippen LogP contribution in [0.1, 0.15) is 20.7 Å². The van der Waals surface area contributed by atoms with Crippen LogP contribution in [-0.4, -0.2) is 36.4 Å². The predicted molar refractivity (Wildman–Crippen MR) is 85.2 cm³/mol. The van der Waals surface area contributed by atoms with Crippen LogP contribution < -0.4 is 20.9 Å². The van der Waals surface area contributed by atoms with E-state index in [2.05, 4.69) is 21.2 Å². The van der Waals surface area contributed by atoms with Gasteiger partial charge in [-0.05, 0) is 36.4 Å². The third kappa shape index (κ3) is 4.80. The molecule has 0 aliphatic heterocycles. The van der Waals surface area contributed by atoms with Gasteiger partial charge in [0, 0.05) is 23.5 Å². The zero-order valence-electron chi connectivity index (χ0n) is 12.9. The van der Waals surface area contributed by atoms with Crippen molar-refractivity contribution >= 4 is 17.7 Å². The highest BCUT2D eigenvalue weighted by molar-refractivity contribution is 5.98. The van der Waals surface area contributed by atoms with Gasteiger partial charge in [-0.3, -0.25) is 30.2 Å². The Morgan fingerprint density at radius 3 is 2.17 bits per heavy atom. The molecule has 1 aromatic heterocycles. The molecule has 0 aliphatic carbocycles. The van der Waals surface area contributed by atoms with Crippen molar-refractivity contribution in [3.8, 4) is 5.75 Å². The summed E-state index contributed by atoms with van der Waals surface area (Å²) in [6, 6.07) is 9.46. The number of carbonyl (C=O) groups is 3. The molecule has 3 N–H and O–H groups in total. The third-order valence-electron chi connectivity index (χ3n) is 3.02. The molecule has 0 saturated carbocycles. The number of amides is 3. The second-order valence-corrected chi connectivity index (χ2v) is 4.65. The number of nitrogens with one attached hydrogen (secondary N) is 3. The number of hydrogen-bond acceptors (Lipinski definition) is 5. The van der Waals surface area contributed by atoms with Gasteiger partial charge >= 0.3 is 0 Å². The van der Waals surface area contributed by atoms with Gasteiger partial charge in [-0.1, -0.05) is 0 Å². The van der Waals surface area contributed by atoms with E-state index in [1.165, 1.54) is 31.6 Å². The van der Waals surface area contributed by atoms with Gasteiger partial charge in [-0.25, -0.2) is 0 Å². The molecule has 0 fully saturated rings. The van der Waals surface area contributed by atoms with E-state index in [0.29, 0.717) is 16.9 Å². The fourth-order valence-corrected chi connectivity index (χ4v) is 1.75. The number of carbonyl (C=O) groups excluding carboxylic acids is 3. The molecular weight excluding hydrogens is 312 g/mol. The molecule has 3 amide bonds. The van der Waals surface area contributed by atoms with Crippen molar-refractivity contribution in [2.45, 2.75) is 0 Å². The van der Waals surface area contributed by atoms with Crippen LogP contribution in [0.5, 0.6) is 5.75 Å². The van der Waals surface area contributed by atoms with Crippen LogP contribution in [0.15, 0.2) is 48.8 Å². The number of hydrogen-bond donors (Lipinski definition) is 3. The largest absolute Gasteiger partial charge is 0.497 e. The third-order valence-corrected chi connectivity index (χ3v) is 3.02. The Hall–Kier alpha value is -3.42. The summed E-state index contributed by atoms with van der Waals surface area (Å²) >= 11 is 0. The summed E-state index contributed by atoms with van der Waals surface area (Å²) in [5.41, 5.74) is 5.20. The van der Waals surface area contributed by atoms with E-state index in [0.717, 1.165) is 0 Å². The zero-order valence-corrected chi connectivity index (χ0v) is 12.9. The standard InChI is InChI=1S/C16H16N4O4/c1-24-13-4-2-11(3-5-13)15(22)18-10-14(21)19-20-16(23)12-6-8-17-9-7-12/h2-9H,10H2,1H3,(H,18,22)(H,19,21)(H,20,23). The Balaban J connectivity index is 1.76. The first-order chi connectivity index (χ1) is 11.6. The first-order valence-corrected chi connectivity index (χ1v) is 7.01.